The van der Waals surface area contributed by atoms with Crippen molar-refractivity contribution in [2.75, 3.05) is 24.7 Å². The Labute approximate surface area is 327 Å². The Morgan fingerprint density at radius 3 is 1.84 bits per heavy atom. The number of nitrogens with two attached hydrogens (primary N) is 1. The second kappa shape index (κ2) is 22.5. The van der Waals surface area contributed by atoms with E-state index in [0.29, 0.717) is 31.4 Å². The van der Waals surface area contributed by atoms with E-state index in [4.69, 9.17) is 5.73 Å². The lowest BCUT2D eigenvalue weighted by Gasteiger charge is -2.31. The number of urea groups is 1. The third-order valence-electron chi connectivity index (χ3n) is 8.41. The van der Waals surface area contributed by atoms with E-state index in [9.17, 15) is 37.2 Å². The van der Waals surface area contributed by atoms with Crippen LogP contribution in [0.4, 0.5) is 10.5 Å². The maximum absolute atomic E-state index is 13.6. The molecule has 4 atom stereocenters. The van der Waals surface area contributed by atoms with E-state index in [1.165, 1.54) is 0 Å². The molecule has 0 aliphatic carbocycles. The van der Waals surface area contributed by atoms with Gasteiger partial charge in [-0.05, 0) is 84.3 Å². The maximum Gasteiger partial charge on any atom is 0.312 e. The van der Waals surface area contributed by atoms with Crippen LogP contribution in [0.25, 0.3) is 0 Å². The van der Waals surface area contributed by atoms with Crippen LogP contribution in [0.5, 0.6) is 0 Å². The molecule has 0 heterocycles. The molecule has 0 spiro atoms. The number of hydrogen-bond donors (Lipinski definition) is 8. The van der Waals surface area contributed by atoms with Crippen LogP contribution in [0.2, 0.25) is 0 Å². The minimum atomic E-state index is -3.84. The first-order chi connectivity index (χ1) is 25.3. The van der Waals surface area contributed by atoms with Crippen molar-refractivity contribution in [2.45, 2.75) is 137 Å². The van der Waals surface area contributed by atoms with E-state index in [-0.39, 0.29) is 49.6 Å². The zero-order valence-electron chi connectivity index (χ0n) is 34.3. The predicted molar refractivity (Wildman–Crippen MR) is 214 cm³/mol. The summed E-state index contributed by atoms with van der Waals surface area (Å²) in [4.78, 5) is 77.2. The van der Waals surface area contributed by atoms with Crippen molar-refractivity contribution in [2.24, 2.45) is 17.1 Å². The Hall–Kier alpha value is -4.09. The number of primary amides is 1. The first kappa shape index (κ1) is 48.9. The van der Waals surface area contributed by atoms with Gasteiger partial charge in [0.1, 0.15) is 18.1 Å². The molecule has 0 aliphatic heterocycles. The zero-order valence-corrected chi connectivity index (χ0v) is 35.1. The fourth-order valence-electron chi connectivity index (χ4n) is 5.58. The summed E-state index contributed by atoms with van der Waals surface area (Å²) in [5.41, 5.74) is 5.76. The average Bonchev–Trinajstić information content (AvgIpc) is 3.04. The minimum absolute atomic E-state index is 0.0214. The van der Waals surface area contributed by atoms with Gasteiger partial charge in [-0.15, -0.1) is 0 Å². The van der Waals surface area contributed by atoms with Gasteiger partial charge in [0.2, 0.25) is 33.7 Å². The number of hydrogen-bond acceptors (Lipinski definition) is 9. The predicted octanol–water partition coefficient (Wildman–Crippen LogP) is 2.36. The lowest BCUT2D eigenvalue weighted by Crippen LogP contribution is -2.57. The summed E-state index contributed by atoms with van der Waals surface area (Å²) in [6, 6.07) is 2.49. The summed E-state index contributed by atoms with van der Waals surface area (Å²) in [5.74, 6) is -2.54. The van der Waals surface area contributed by atoms with Gasteiger partial charge in [0.15, 0.2) is 5.78 Å². The number of carbonyl (C=O) groups excluding carboxylic acids is 6. The van der Waals surface area contributed by atoms with Gasteiger partial charge in [0.25, 0.3) is 0 Å². The highest BCUT2D eigenvalue weighted by Gasteiger charge is 2.33. The first-order valence-corrected chi connectivity index (χ1v) is 20.8. The van der Waals surface area contributed by atoms with Crippen molar-refractivity contribution >= 4 is 51.2 Å². The van der Waals surface area contributed by atoms with E-state index >= 15 is 0 Å². The molecule has 1 rings (SSSR count). The molecule has 1 aromatic carbocycles. The highest BCUT2D eigenvalue weighted by atomic mass is 32.2. The number of nitrogens with one attached hydrogen (secondary N) is 7. The number of sulfonamides is 1. The van der Waals surface area contributed by atoms with Crippen molar-refractivity contribution in [1.82, 2.24) is 31.3 Å². The minimum Gasteiger partial charge on any atom is -0.356 e. The number of aryl methyl sites for hydroxylation is 1. The molecule has 0 radical (unpaired) electrons. The number of rotatable bonds is 23. The largest absolute Gasteiger partial charge is 0.356 e. The van der Waals surface area contributed by atoms with Gasteiger partial charge in [-0.1, -0.05) is 52.3 Å². The van der Waals surface area contributed by atoms with Crippen LogP contribution in [-0.4, -0.2) is 92.9 Å². The number of amides is 6. The quantitative estimate of drug-likeness (QED) is 0.0757. The van der Waals surface area contributed by atoms with Crippen LogP contribution in [0.15, 0.2) is 24.3 Å². The zero-order chi connectivity index (χ0) is 42.1. The normalized spacial score (nSPS) is 14.2. The molecule has 16 nitrogen and oxygen atoms in total. The van der Waals surface area contributed by atoms with Crippen molar-refractivity contribution in [3.05, 3.63) is 29.8 Å². The molecule has 1 aromatic rings. The van der Waals surface area contributed by atoms with Crippen molar-refractivity contribution in [3.63, 3.8) is 0 Å². The van der Waals surface area contributed by atoms with Crippen molar-refractivity contribution < 1.29 is 37.2 Å². The van der Waals surface area contributed by atoms with Gasteiger partial charge < -0.3 is 37.6 Å². The fourth-order valence-corrected chi connectivity index (χ4v) is 6.33. The Kier molecular flexibility index (Phi) is 20.0. The van der Waals surface area contributed by atoms with E-state index in [1.54, 1.807) is 26.0 Å². The molecule has 0 aliphatic rings. The highest BCUT2D eigenvalue weighted by molar-refractivity contribution is 7.88. The monoisotopic (exact) mass is 794 g/mol. The number of carbonyl (C=O) groups is 6. The Morgan fingerprint density at radius 1 is 0.727 bits per heavy atom. The highest BCUT2D eigenvalue weighted by Crippen LogP contribution is 2.21. The first-order valence-electron chi connectivity index (χ1n) is 18.9. The van der Waals surface area contributed by atoms with Gasteiger partial charge >= 0.3 is 6.03 Å². The lowest BCUT2D eigenvalue weighted by atomic mass is 9.84. The van der Waals surface area contributed by atoms with Gasteiger partial charge in [-0.25, -0.2) is 17.9 Å². The SMILES string of the molecule is Cc1ccc(NC(=O)[C@H](CCCNC(N)=O)NC(=O)[C@@H](NC(=O)[C@H](CCCCNC(=O)CC[C@@H](NC(C)(C)C)C(=O)C(C)(C)C)NS(C)(=O)=O)C(C)C)cc1. The molecule has 0 fully saturated rings. The molecule has 55 heavy (non-hydrogen) atoms. The molecule has 312 valence electrons. The topological polar surface area (TPSA) is 247 Å². The van der Waals surface area contributed by atoms with Crippen LogP contribution in [0.1, 0.15) is 106 Å². The Bertz CT molecular complexity index is 1550. The van der Waals surface area contributed by atoms with Crippen molar-refractivity contribution in [3.8, 4) is 0 Å². The van der Waals surface area contributed by atoms with E-state index in [2.05, 4.69) is 36.6 Å². The summed E-state index contributed by atoms with van der Waals surface area (Å²) in [5, 5.41) is 16.7. The molecule has 9 N–H and O–H groups in total. The Morgan fingerprint density at radius 2 is 1.31 bits per heavy atom. The molecule has 0 aromatic heterocycles. The van der Waals surface area contributed by atoms with Crippen LogP contribution in [0, 0.1) is 18.3 Å². The summed E-state index contributed by atoms with van der Waals surface area (Å²) in [6.45, 7) is 17.2. The van der Waals surface area contributed by atoms with Gasteiger partial charge in [0, 0.05) is 36.2 Å². The number of ketones is 1. The van der Waals surface area contributed by atoms with E-state index < -0.39 is 69.3 Å². The standard InChI is InChI=1S/C38H66N8O8S/c1-24(2)31(35(51)43-28(15-13-23-41-36(39)52)33(49)42-26-18-16-25(3)17-19-26)44-34(50)29(46-55(10,53)54)14-11-12-22-40-30(47)21-20-27(45-38(7,8)9)32(48)37(4,5)6/h16-19,24,27-29,31,45-46H,11-15,20-23H2,1-10H3,(H,40,47)(H,42,49)(H,43,51)(H,44,50)(H3,39,41,52)/t27-,28+,29+,31+/m1/s1. The summed E-state index contributed by atoms with van der Waals surface area (Å²) < 4.78 is 26.8. The van der Waals surface area contributed by atoms with Gasteiger partial charge in [-0.2, -0.15) is 0 Å². The summed E-state index contributed by atoms with van der Waals surface area (Å²) >= 11 is 0. The molecular formula is C38H66N8O8S. The molecule has 0 unspecified atom stereocenters. The summed E-state index contributed by atoms with van der Waals surface area (Å²) in [7, 11) is -3.84. The second-order valence-electron chi connectivity index (χ2n) is 16.5. The van der Waals surface area contributed by atoms with Crippen LogP contribution in [-0.2, 0) is 34.0 Å². The van der Waals surface area contributed by atoms with E-state index in [1.807, 2.05) is 60.6 Å². The molecule has 0 bridgehead atoms. The van der Waals surface area contributed by atoms with Gasteiger partial charge in [-0.3, -0.25) is 24.0 Å². The number of Topliss-reactive ketones (excluding diaryl/α,β-unsaturated/α-hetero) is 1. The smallest absolute Gasteiger partial charge is 0.312 e. The van der Waals surface area contributed by atoms with Crippen LogP contribution >= 0.6 is 0 Å². The maximum atomic E-state index is 13.6. The second-order valence-corrected chi connectivity index (χ2v) is 18.2. The van der Waals surface area contributed by atoms with Gasteiger partial charge in [0.05, 0.1) is 12.3 Å². The third-order valence-corrected chi connectivity index (χ3v) is 9.12. The van der Waals surface area contributed by atoms with Crippen molar-refractivity contribution in [1.29, 1.82) is 0 Å². The van der Waals surface area contributed by atoms with Crippen LogP contribution < -0.4 is 42.4 Å². The molecular weight excluding hydrogens is 729 g/mol. The van der Waals surface area contributed by atoms with Crippen LogP contribution in [0.3, 0.4) is 0 Å². The average molecular weight is 795 g/mol. The van der Waals surface area contributed by atoms with E-state index in [0.717, 1.165) is 11.8 Å². The molecule has 17 heteroatoms. The fraction of sp³-hybridized carbons (Fsp3) is 0.684. The third kappa shape index (κ3) is 21.0. The molecule has 0 saturated carbocycles. The summed E-state index contributed by atoms with van der Waals surface area (Å²) in [6.07, 6.45) is 2.70. The number of anilines is 1. The Balaban J connectivity index is 2.91. The number of unbranched alkanes of at least 4 members (excludes halogenated alkanes) is 1. The number of benzene rings is 1. The molecule has 0 saturated heterocycles. The molecule has 6 amide bonds. The lowest BCUT2D eigenvalue weighted by molar-refractivity contribution is -0.132.